The highest BCUT2D eigenvalue weighted by Crippen LogP contribution is 2.19. The van der Waals surface area contributed by atoms with Gasteiger partial charge in [0.1, 0.15) is 24.2 Å². The van der Waals surface area contributed by atoms with E-state index in [1.165, 1.54) is 4.79 Å². The molecule has 9 heteroatoms. The third kappa shape index (κ3) is 5.93. The average molecular weight is 486 g/mol. The molecule has 3 aromatic carbocycles. The average Bonchev–Trinajstić information content (AvgIpc) is 3.30. The van der Waals surface area contributed by atoms with Gasteiger partial charge in [-0.1, -0.05) is 68.4 Å². The molecule has 0 aliphatic rings. The largest absolute Gasteiger partial charge is 0.443 e. The molecule has 0 radical (unpaired) electrons. The molecule has 184 valence electrons. The number of carbonyl (C=O) groups excluding carboxylic acids is 3. The van der Waals surface area contributed by atoms with Gasteiger partial charge < -0.3 is 10.1 Å². The molecular formula is C27H27N5O4. The van der Waals surface area contributed by atoms with Crippen molar-refractivity contribution in [1.82, 2.24) is 15.1 Å². The highest BCUT2D eigenvalue weighted by Gasteiger charge is 2.25. The molecular weight excluding hydrogens is 458 g/mol. The maximum absolute atomic E-state index is 13.1. The summed E-state index contributed by atoms with van der Waals surface area (Å²) in [4.78, 5) is 40.2. The highest BCUT2D eigenvalue weighted by molar-refractivity contribution is 6.06. The van der Waals surface area contributed by atoms with E-state index in [9.17, 15) is 14.4 Å². The van der Waals surface area contributed by atoms with E-state index in [1.807, 2.05) is 44.2 Å². The second-order valence-corrected chi connectivity index (χ2v) is 8.68. The lowest BCUT2D eigenvalue weighted by atomic mass is 10.00. The van der Waals surface area contributed by atoms with Gasteiger partial charge in [-0.25, -0.2) is 4.79 Å². The molecule has 0 bridgehead atoms. The number of carbonyl (C=O) groups is 3. The predicted molar refractivity (Wildman–Crippen MR) is 136 cm³/mol. The Labute approximate surface area is 208 Å². The molecule has 1 heterocycles. The molecule has 0 fully saturated rings. The Morgan fingerprint density at radius 1 is 0.944 bits per heavy atom. The van der Waals surface area contributed by atoms with Gasteiger partial charge in [-0.05, 0) is 41.0 Å². The monoisotopic (exact) mass is 485 g/mol. The van der Waals surface area contributed by atoms with Crippen LogP contribution in [-0.2, 0) is 16.1 Å². The van der Waals surface area contributed by atoms with Crippen LogP contribution in [0.3, 0.4) is 0 Å². The summed E-state index contributed by atoms with van der Waals surface area (Å²) in [5.74, 6) is -0.407. The maximum atomic E-state index is 13.1. The molecule has 36 heavy (non-hydrogen) atoms. The van der Waals surface area contributed by atoms with Gasteiger partial charge in [0.15, 0.2) is 5.78 Å². The topological polar surface area (TPSA) is 106 Å². The number of amides is 2. The molecule has 0 aliphatic carbocycles. The van der Waals surface area contributed by atoms with Gasteiger partial charge in [0.05, 0.1) is 5.69 Å². The lowest BCUT2D eigenvalue weighted by Gasteiger charge is -2.22. The van der Waals surface area contributed by atoms with Crippen LogP contribution in [0.5, 0.6) is 0 Å². The number of ether oxygens (including phenoxy) is 1. The normalized spacial score (nSPS) is 10.9. The Kier molecular flexibility index (Phi) is 7.69. The summed E-state index contributed by atoms with van der Waals surface area (Å²) in [6.45, 7) is 3.53. The van der Waals surface area contributed by atoms with E-state index in [-0.39, 0.29) is 18.3 Å². The fourth-order valence-corrected chi connectivity index (χ4v) is 3.68. The van der Waals surface area contributed by atoms with Crippen molar-refractivity contribution in [2.45, 2.75) is 26.9 Å². The molecule has 4 rings (SSSR count). The number of hydrogen-bond donors (Lipinski definition) is 1. The minimum absolute atomic E-state index is 0.0248. The van der Waals surface area contributed by atoms with E-state index in [0.717, 1.165) is 10.6 Å². The number of aromatic nitrogens is 3. The van der Waals surface area contributed by atoms with Crippen molar-refractivity contribution >= 4 is 34.5 Å². The van der Waals surface area contributed by atoms with Crippen molar-refractivity contribution in [2.24, 2.45) is 5.92 Å². The van der Waals surface area contributed by atoms with E-state index < -0.39 is 18.5 Å². The summed E-state index contributed by atoms with van der Waals surface area (Å²) < 4.78 is 5.48. The molecule has 0 saturated heterocycles. The molecule has 0 atom stereocenters. The maximum Gasteiger partial charge on any atom is 0.431 e. The Bertz CT molecular complexity index is 1370. The first-order valence-electron chi connectivity index (χ1n) is 11.6. The zero-order valence-electron chi connectivity index (χ0n) is 20.1. The number of Topliss-reactive ketones (excluding diaryl/α,β-unsaturated/α-hetero) is 1. The van der Waals surface area contributed by atoms with Crippen LogP contribution in [0.2, 0.25) is 0 Å². The molecule has 0 aliphatic heterocycles. The molecule has 1 N–H and O–H groups in total. The zero-order chi connectivity index (χ0) is 25.5. The van der Waals surface area contributed by atoms with Crippen LogP contribution in [0.25, 0.3) is 11.0 Å². The van der Waals surface area contributed by atoms with Crippen LogP contribution < -0.4 is 10.3 Å². The van der Waals surface area contributed by atoms with Crippen molar-refractivity contribution in [1.29, 1.82) is 0 Å². The van der Waals surface area contributed by atoms with Crippen molar-refractivity contribution in [3.8, 4) is 0 Å². The van der Waals surface area contributed by atoms with E-state index in [4.69, 9.17) is 4.74 Å². The first kappa shape index (κ1) is 24.6. The zero-order valence-corrected chi connectivity index (χ0v) is 20.1. The number of nitrogens with zero attached hydrogens (tertiary/aromatic N) is 4. The van der Waals surface area contributed by atoms with Crippen LogP contribution >= 0.6 is 0 Å². The second kappa shape index (κ2) is 11.3. The number of para-hydroxylation sites is 2. The van der Waals surface area contributed by atoms with Crippen LogP contribution in [0, 0.1) is 5.92 Å². The molecule has 0 unspecified atom stereocenters. The van der Waals surface area contributed by atoms with Gasteiger partial charge in [0.2, 0.25) is 5.91 Å². The van der Waals surface area contributed by atoms with Gasteiger partial charge in [0.25, 0.3) is 0 Å². The van der Waals surface area contributed by atoms with Gasteiger partial charge in [-0.2, -0.15) is 5.01 Å². The van der Waals surface area contributed by atoms with E-state index in [0.29, 0.717) is 28.7 Å². The van der Waals surface area contributed by atoms with Crippen molar-refractivity contribution in [2.75, 3.05) is 16.9 Å². The minimum Gasteiger partial charge on any atom is -0.443 e. The first-order chi connectivity index (χ1) is 17.4. The fraction of sp³-hybridized carbons (Fsp3) is 0.222. The second-order valence-electron chi connectivity index (χ2n) is 8.68. The first-order valence-corrected chi connectivity index (χ1v) is 11.6. The quantitative estimate of drug-likeness (QED) is 0.348. The molecule has 1 aromatic heterocycles. The summed E-state index contributed by atoms with van der Waals surface area (Å²) in [6.07, 6.45) is -0.413. The summed E-state index contributed by atoms with van der Waals surface area (Å²) in [7, 11) is 0. The fourth-order valence-electron chi connectivity index (χ4n) is 3.68. The van der Waals surface area contributed by atoms with Gasteiger partial charge in [-0.15, -0.1) is 9.89 Å². The Balaban J connectivity index is 1.56. The number of benzene rings is 3. The van der Waals surface area contributed by atoms with Crippen molar-refractivity contribution in [3.05, 3.63) is 90.0 Å². The lowest BCUT2D eigenvalue weighted by Crippen LogP contribution is -2.46. The summed E-state index contributed by atoms with van der Waals surface area (Å²) in [5, 5.41) is 12.0. The van der Waals surface area contributed by atoms with Crippen LogP contribution in [0.4, 0.5) is 10.5 Å². The van der Waals surface area contributed by atoms with Gasteiger partial charge >= 0.3 is 6.09 Å². The van der Waals surface area contributed by atoms with E-state index >= 15 is 0 Å². The van der Waals surface area contributed by atoms with Crippen LogP contribution in [-0.4, -0.2) is 39.4 Å². The SMILES string of the molecule is CC(C)CC(=O)c1ccccc1NC(=O)CN(C(=O)OCc1ccccc1)n1nnc2ccccc21. The lowest BCUT2D eigenvalue weighted by molar-refractivity contribution is -0.115. The highest BCUT2D eigenvalue weighted by atomic mass is 16.6. The number of rotatable bonds is 9. The number of nitrogens with one attached hydrogen (secondary N) is 1. The Hall–Kier alpha value is -4.53. The molecule has 2 amide bonds. The number of fused-ring (bicyclic) bond motifs is 1. The van der Waals surface area contributed by atoms with E-state index in [2.05, 4.69) is 15.6 Å². The number of hydrogen-bond acceptors (Lipinski definition) is 6. The molecule has 4 aromatic rings. The Morgan fingerprint density at radius 3 is 2.42 bits per heavy atom. The molecule has 9 nitrogen and oxygen atoms in total. The smallest absolute Gasteiger partial charge is 0.431 e. The number of anilines is 1. The number of ketones is 1. The molecule has 0 saturated carbocycles. The molecule has 0 spiro atoms. The summed E-state index contributed by atoms with van der Waals surface area (Å²) in [5.41, 5.74) is 2.70. The van der Waals surface area contributed by atoms with Gasteiger partial charge in [-0.3, -0.25) is 9.59 Å². The van der Waals surface area contributed by atoms with Crippen molar-refractivity contribution in [3.63, 3.8) is 0 Å². The van der Waals surface area contributed by atoms with Crippen LogP contribution in [0.15, 0.2) is 78.9 Å². The predicted octanol–water partition coefficient (Wildman–Crippen LogP) is 4.57. The third-order valence-electron chi connectivity index (χ3n) is 5.37. The van der Waals surface area contributed by atoms with Gasteiger partial charge in [0, 0.05) is 12.0 Å². The van der Waals surface area contributed by atoms with E-state index in [1.54, 1.807) is 48.5 Å². The summed E-state index contributed by atoms with van der Waals surface area (Å²) in [6, 6.07) is 23.1. The summed E-state index contributed by atoms with van der Waals surface area (Å²) >= 11 is 0. The Morgan fingerprint density at radius 2 is 1.64 bits per heavy atom. The third-order valence-corrected chi connectivity index (χ3v) is 5.37. The standard InChI is InChI=1S/C27H27N5O4/c1-19(2)16-25(33)21-12-6-7-13-22(21)28-26(34)17-31(27(35)36-18-20-10-4-3-5-11-20)32-24-15-9-8-14-23(24)29-30-32/h3-15,19H,16-18H2,1-2H3,(H,28,34). The minimum atomic E-state index is -0.770. The van der Waals surface area contributed by atoms with Crippen molar-refractivity contribution < 1.29 is 19.1 Å². The van der Waals surface area contributed by atoms with Crippen LogP contribution in [0.1, 0.15) is 36.2 Å².